The standard InChI is InChI=1S/C48H30N2O/c1-2-13-31(14-3-1)47-49-42(34-27-32-17-10-15-30-16-11-18-33(28-34)45(30)32)29-43(50-47)37-21-12-25-41-46(37)51-44-26-9-8-24-40(44)48(41)38-22-6-4-19-35(38)36-20-5-7-23-39(36)48/h1-15,17-29H,16H2. The second kappa shape index (κ2) is 10.7. The van der Waals surface area contributed by atoms with E-state index in [2.05, 4.69) is 152 Å². The van der Waals surface area contributed by atoms with E-state index in [4.69, 9.17) is 14.7 Å². The Morgan fingerprint density at radius 1 is 0.510 bits per heavy atom. The molecule has 0 bridgehead atoms. The van der Waals surface area contributed by atoms with Gasteiger partial charge in [-0.15, -0.1) is 0 Å². The quantitative estimate of drug-likeness (QED) is 0.191. The Hall–Kier alpha value is -6.58. The molecule has 51 heavy (non-hydrogen) atoms. The highest BCUT2D eigenvalue weighted by atomic mass is 16.5. The van der Waals surface area contributed by atoms with Crippen LogP contribution in [0.5, 0.6) is 11.5 Å². The maximum absolute atomic E-state index is 7.02. The number of fused-ring (bicyclic) bond motifs is 9. The van der Waals surface area contributed by atoms with Crippen LogP contribution in [0.15, 0.2) is 164 Å². The van der Waals surface area contributed by atoms with Crippen molar-refractivity contribution in [2.45, 2.75) is 11.8 Å². The number of ether oxygens (including phenoxy) is 1. The number of aromatic nitrogens is 2. The molecule has 0 atom stereocenters. The summed E-state index contributed by atoms with van der Waals surface area (Å²) in [5, 5.41) is 2.55. The summed E-state index contributed by atoms with van der Waals surface area (Å²) in [4.78, 5) is 10.5. The Morgan fingerprint density at radius 3 is 2.00 bits per heavy atom. The van der Waals surface area contributed by atoms with E-state index in [0.29, 0.717) is 5.82 Å². The van der Waals surface area contributed by atoms with Gasteiger partial charge in [0.05, 0.1) is 16.8 Å². The van der Waals surface area contributed by atoms with Gasteiger partial charge < -0.3 is 4.74 Å². The summed E-state index contributed by atoms with van der Waals surface area (Å²) in [5.41, 5.74) is 14.0. The van der Waals surface area contributed by atoms with E-state index in [1.54, 1.807) is 0 Å². The lowest BCUT2D eigenvalue weighted by molar-refractivity contribution is 0.438. The van der Waals surface area contributed by atoms with Gasteiger partial charge in [0.2, 0.25) is 0 Å². The van der Waals surface area contributed by atoms with Crippen LogP contribution in [0.25, 0.3) is 61.9 Å². The van der Waals surface area contributed by atoms with Gasteiger partial charge in [-0.2, -0.15) is 0 Å². The molecule has 2 heterocycles. The molecule has 238 valence electrons. The predicted octanol–water partition coefficient (Wildman–Crippen LogP) is 11.7. The fourth-order valence-electron chi connectivity index (χ4n) is 8.83. The van der Waals surface area contributed by atoms with Crippen molar-refractivity contribution in [2.24, 2.45) is 0 Å². The lowest BCUT2D eigenvalue weighted by Crippen LogP contribution is -2.32. The van der Waals surface area contributed by atoms with Crippen LogP contribution in [0.2, 0.25) is 0 Å². The number of rotatable bonds is 3. The van der Waals surface area contributed by atoms with Crippen molar-refractivity contribution in [3.8, 4) is 56.5 Å². The number of hydrogen-bond donors (Lipinski definition) is 0. The van der Waals surface area contributed by atoms with Gasteiger partial charge in [-0.3, -0.25) is 0 Å². The molecule has 7 aromatic carbocycles. The average Bonchev–Trinajstić information content (AvgIpc) is 3.49. The maximum Gasteiger partial charge on any atom is 0.160 e. The topological polar surface area (TPSA) is 35.0 Å². The molecule has 0 N–H and O–H groups in total. The Labute approximate surface area is 296 Å². The Balaban J connectivity index is 1.19. The number of nitrogens with zero attached hydrogens (tertiary/aromatic N) is 2. The lowest BCUT2D eigenvalue weighted by Gasteiger charge is -2.40. The monoisotopic (exact) mass is 650 g/mol. The largest absolute Gasteiger partial charge is 0.456 e. The summed E-state index contributed by atoms with van der Waals surface area (Å²) in [5.74, 6) is 2.37. The molecule has 3 aliphatic rings. The Kier molecular flexibility index (Phi) is 5.94. The molecular formula is C48H30N2O. The zero-order valence-electron chi connectivity index (χ0n) is 27.7. The van der Waals surface area contributed by atoms with Gasteiger partial charge >= 0.3 is 0 Å². The zero-order valence-corrected chi connectivity index (χ0v) is 27.7. The minimum absolute atomic E-state index is 0.545. The summed E-state index contributed by atoms with van der Waals surface area (Å²) in [6.07, 6.45) is 5.45. The number of allylic oxidation sites excluding steroid dienone is 1. The minimum atomic E-state index is -0.545. The van der Waals surface area contributed by atoms with Crippen molar-refractivity contribution < 1.29 is 4.74 Å². The van der Waals surface area contributed by atoms with E-state index in [-0.39, 0.29) is 0 Å². The second-order valence-corrected chi connectivity index (χ2v) is 13.6. The summed E-state index contributed by atoms with van der Waals surface area (Å²) < 4.78 is 7.02. The first-order chi connectivity index (χ1) is 25.3. The molecule has 3 nitrogen and oxygen atoms in total. The highest BCUT2D eigenvalue weighted by Gasteiger charge is 2.51. The van der Waals surface area contributed by atoms with Crippen LogP contribution < -0.4 is 4.74 Å². The molecule has 0 fully saturated rings. The van der Waals surface area contributed by atoms with E-state index in [1.807, 2.05) is 18.2 Å². The SMILES string of the molecule is C1=Cc2cc(-c3cc(-c4cccc5c4Oc4ccccc4C54c5ccccc5-c5ccccc54)nc(-c4ccccc4)n3)cc3cccc(c23)C1. The molecule has 0 amide bonds. The molecule has 0 saturated heterocycles. The van der Waals surface area contributed by atoms with Gasteiger partial charge in [-0.1, -0.05) is 140 Å². The molecule has 11 rings (SSSR count). The van der Waals surface area contributed by atoms with Gasteiger partial charge in [0.25, 0.3) is 0 Å². The first kappa shape index (κ1) is 28.3. The Bertz CT molecular complexity index is 2720. The van der Waals surface area contributed by atoms with Crippen LogP contribution in [-0.4, -0.2) is 9.97 Å². The number of para-hydroxylation sites is 2. The first-order valence-electron chi connectivity index (χ1n) is 17.5. The van der Waals surface area contributed by atoms with E-state index >= 15 is 0 Å². The third-order valence-corrected chi connectivity index (χ3v) is 10.9. The van der Waals surface area contributed by atoms with Gasteiger partial charge in [-0.25, -0.2) is 9.97 Å². The first-order valence-corrected chi connectivity index (χ1v) is 17.5. The van der Waals surface area contributed by atoms with E-state index in [0.717, 1.165) is 57.1 Å². The summed E-state index contributed by atoms with van der Waals surface area (Å²) in [6, 6.07) is 56.3. The molecule has 0 unspecified atom stereocenters. The smallest absolute Gasteiger partial charge is 0.160 e. The van der Waals surface area contributed by atoms with Crippen molar-refractivity contribution >= 4 is 16.8 Å². The van der Waals surface area contributed by atoms with Crippen LogP contribution in [0.4, 0.5) is 0 Å². The number of hydrogen-bond acceptors (Lipinski definition) is 3. The molecule has 1 aliphatic heterocycles. The molecule has 1 spiro atoms. The van der Waals surface area contributed by atoms with Crippen molar-refractivity contribution in [1.29, 1.82) is 0 Å². The molecule has 3 heteroatoms. The number of benzene rings is 7. The third-order valence-electron chi connectivity index (χ3n) is 10.9. The fourth-order valence-corrected chi connectivity index (χ4v) is 8.83. The van der Waals surface area contributed by atoms with Crippen molar-refractivity contribution in [1.82, 2.24) is 9.97 Å². The molecule has 0 saturated carbocycles. The predicted molar refractivity (Wildman–Crippen MR) is 206 cm³/mol. The molecule has 8 aromatic rings. The normalized spacial score (nSPS) is 14.0. The highest BCUT2D eigenvalue weighted by molar-refractivity contribution is 5.98. The van der Waals surface area contributed by atoms with Gasteiger partial charge in [0.15, 0.2) is 5.82 Å². The summed E-state index contributed by atoms with van der Waals surface area (Å²) >= 11 is 0. The van der Waals surface area contributed by atoms with Gasteiger partial charge in [0.1, 0.15) is 11.5 Å². The fraction of sp³-hybridized carbons (Fsp3) is 0.0417. The van der Waals surface area contributed by atoms with Crippen molar-refractivity contribution in [2.75, 3.05) is 0 Å². The highest BCUT2D eigenvalue weighted by Crippen LogP contribution is 2.63. The van der Waals surface area contributed by atoms with Crippen LogP contribution in [0, 0.1) is 0 Å². The average molecular weight is 651 g/mol. The Morgan fingerprint density at radius 2 is 1.18 bits per heavy atom. The van der Waals surface area contributed by atoms with Crippen LogP contribution in [0.3, 0.4) is 0 Å². The second-order valence-electron chi connectivity index (χ2n) is 13.6. The molecule has 2 aliphatic carbocycles. The minimum Gasteiger partial charge on any atom is -0.456 e. The van der Waals surface area contributed by atoms with E-state index in [1.165, 1.54) is 44.2 Å². The van der Waals surface area contributed by atoms with Crippen LogP contribution in [-0.2, 0) is 11.8 Å². The maximum atomic E-state index is 7.02. The lowest BCUT2D eigenvalue weighted by atomic mass is 9.65. The van der Waals surface area contributed by atoms with Crippen LogP contribution in [0.1, 0.15) is 33.4 Å². The zero-order chi connectivity index (χ0) is 33.5. The van der Waals surface area contributed by atoms with Crippen molar-refractivity contribution in [3.63, 3.8) is 0 Å². The van der Waals surface area contributed by atoms with Gasteiger partial charge in [-0.05, 0) is 80.9 Å². The molecular weight excluding hydrogens is 621 g/mol. The van der Waals surface area contributed by atoms with E-state index in [9.17, 15) is 0 Å². The third kappa shape index (κ3) is 4.00. The van der Waals surface area contributed by atoms with Crippen molar-refractivity contribution in [3.05, 3.63) is 197 Å². The van der Waals surface area contributed by atoms with Gasteiger partial charge in [0, 0.05) is 27.8 Å². The summed E-state index contributed by atoms with van der Waals surface area (Å²) in [7, 11) is 0. The summed E-state index contributed by atoms with van der Waals surface area (Å²) in [6.45, 7) is 0. The van der Waals surface area contributed by atoms with Crippen LogP contribution >= 0.6 is 0 Å². The van der Waals surface area contributed by atoms with E-state index < -0.39 is 5.41 Å². The molecule has 1 aromatic heterocycles. The molecule has 0 radical (unpaired) electrons.